The third-order valence-corrected chi connectivity index (χ3v) is 3.28. The lowest BCUT2D eigenvalue weighted by molar-refractivity contribution is -0.385. The van der Waals surface area contributed by atoms with Gasteiger partial charge in [0.05, 0.1) is 17.6 Å². The monoisotopic (exact) mass is 473 g/mol. The van der Waals surface area contributed by atoms with E-state index in [1.54, 1.807) is 0 Å². The number of alkyl halides is 3. The Balaban J connectivity index is 0.000000920. The van der Waals surface area contributed by atoms with Crippen LogP contribution in [0.1, 0.15) is 15.9 Å². The number of esters is 1. The van der Waals surface area contributed by atoms with Gasteiger partial charge in [0.2, 0.25) is 5.39 Å². The van der Waals surface area contributed by atoms with Crippen LogP contribution in [0, 0.1) is 21.3 Å². The smallest absolute Gasteiger partial charge is 0.465 e. The van der Waals surface area contributed by atoms with E-state index in [1.807, 2.05) is 0 Å². The molecule has 0 amide bonds. The number of carbonyl (C=O) groups excluding carboxylic acids is 1. The average Bonchev–Trinajstić information content (AvgIpc) is 2.66. The lowest BCUT2D eigenvalue weighted by Crippen LogP contribution is -2.09. The first-order chi connectivity index (χ1) is 14.6. The lowest BCUT2D eigenvalue weighted by Gasteiger charge is -2.11. The van der Waals surface area contributed by atoms with Crippen LogP contribution in [0.25, 0.3) is 4.98 Å². The Labute approximate surface area is 172 Å². The minimum atomic E-state index is -6.00. The summed E-state index contributed by atoms with van der Waals surface area (Å²) in [5.74, 6) is -4.50. The van der Waals surface area contributed by atoms with Crippen molar-refractivity contribution < 1.29 is 54.0 Å². The molecule has 32 heavy (non-hydrogen) atoms. The first-order valence-electron chi connectivity index (χ1n) is 7.76. The van der Waals surface area contributed by atoms with Crippen molar-refractivity contribution in [1.82, 2.24) is 0 Å². The van der Waals surface area contributed by atoms with E-state index in [1.165, 1.54) is 0 Å². The second kappa shape index (κ2) is 9.89. The van der Waals surface area contributed by atoms with Crippen molar-refractivity contribution in [1.29, 1.82) is 5.39 Å². The lowest BCUT2D eigenvalue weighted by atomic mass is 10.1. The Morgan fingerprint density at radius 3 is 2.16 bits per heavy atom. The maximum absolute atomic E-state index is 14.2. The molecule has 0 bridgehead atoms. The summed E-state index contributed by atoms with van der Waals surface area (Å²) in [4.78, 5) is 24.3. The van der Waals surface area contributed by atoms with Gasteiger partial charge in [0.1, 0.15) is 11.3 Å². The number of hydrogen-bond donors (Lipinski definition) is 0. The molecule has 0 spiro atoms. The molecular formula is C15H8BF8N3O5. The van der Waals surface area contributed by atoms with Crippen LogP contribution < -0.4 is 4.74 Å². The van der Waals surface area contributed by atoms with E-state index in [-0.39, 0.29) is 0 Å². The zero-order valence-corrected chi connectivity index (χ0v) is 15.4. The fraction of sp³-hybridized carbons (Fsp3) is 0.133. The highest BCUT2D eigenvalue weighted by atomic mass is 19.5. The highest BCUT2D eigenvalue weighted by Gasteiger charge is 2.39. The molecule has 172 valence electrons. The molecule has 0 radical (unpaired) electrons. The number of carbonyl (C=O) groups is 1. The van der Waals surface area contributed by atoms with Gasteiger partial charge in [-0.05, 0) is 12.1 Å². The van der Waals surface area contributed by atoms with Gasteiger partial charge in [0.25, 0.3) is 11.4 Å². The van der Waals surface area contributed by atoms with Gasteiger partial charge < -0.3 is 26.7 Å². The van der Waals surface area contributed by atoms with Crippen LogP contribution in [0.3, 0.4) is 0 Å². The molecule has 2 aromatic carbocycles. The number of ether oxygens (including phenoxy) is 2. The van der Waals surface area contributed by atoms with Gasteiger partial charge in [-0.15, -0.1) is 0 Å². The molecule has 0 atom stereocenters. The van der Waals surface area contributed by atoms with Gasteiger partial charge in [-0.1, -0.05) is 0 Å². The molecule has 0 saturated heterocycles. The molecule has 2 rings (SSSR count). The average molecular weight is 473 g/mol. The van der Waals surface area contributed by atoms with Crippen molar-refractivity contribution in [3.8, 4) is 11.5 Å². The maximum atomic E-state index is 14.2. The van der Waals surface area contributed by atoms with Gasteiger partial charge in [-0.3, -0.25) is 10.1 Å². The summed E-state index contributed by atoms with van der Waals surface area (Å²) in [6.07, 6.45) is -5.05. The first kappa shape index (κ1) is 26.1. The van der Waals surface area contributed by atoms with E-state index in [0.717, 1.165) is 25.3 Å². The van der Waals surface area contributed by atoms with E-state index >= 15 is 0 Å². The Hall–Kier alpha value is -3.97. The Bertz CT molecular complexity index is 1060. The third kappa shape index (κ3) is 7.07. The van der Waals surface area contributed by atoms with Crippen LogP contribution in [0.2, 0.25) is 0 Å². The fourth-order valence-corrected chi connectivity index (χ4v) is 2.07. The molecule has 0 aliphatic carbocycles. The summed E-state index contributed by atoms with van der Waals surface area (Å²) < 4.78 is 101. The third-order valence-electron chi connectivity index (χ3n) is 3.28. The summed E-state index contributed by atoms with van der Waals surface area (Å²) in [7, 11) is -5.05. The highest BCUT2D eigenvalue weighted by Crippen LogP contribution is 2.42. The predicted octanol–water partition coefficient (Wildman–Crippen LogP) is 6.12. The van der Waals surface area contributed by atoms with Crippen LogP contribution in [0.15, 0.2) is 30.3 Å². The van der Waals surface area contributed by atoms with Crippen molar-refractivity contribution >= 4 is 24.6 Å². The van der Waals surface area contributed by atoms with Crippen molar-refractivity contribution in [2.24, 2.45) is 0 Å². The number of rotatable bonds is 4. The topological polar surface area (TPSA) is 107 Å². The number of benzene rings is 2. The fourth-order valence-electron chi connectivity index (χ4n) is 2.07. The SMILES string of the molecule is COC(=O)c1cc(Oc2c([N+]#N)ccc(C(F)(F)F)c2F)ccc1[N+](=O)[O-].F[B-](F)(F)F. The van der Waals surface area contributed by atoms with Gasteiger partial charge in [-0.25, -0.2) is 9.18 Å². The van der Waals surface area contributed by atoms with Gasteiger partial charge in [-0.2, -0.15) is 13.2 Å². The van der Waals surface area contributed by atoms with Crippen molar-refractivity contribution in [2.45, 2.75) is 6.18 Å². The van der Waals surface area contributed by atoms with E-state index < -0.39 is 64.1 Å². The standard InChI is InChI=1S/C15H8F4N3O5.BF4/c1-26-14(23)8-6-7(2-5-11(8)22(24)25)27-13-10(21-20)4-3-9(12(13)16)15(17,18)19;2-1(3,4)5/h2-6H,1H3;/q+1;-1. The zero-order chi connectivity index (χ0) is 24.9. The van der Waals surface area contributed by atoms with Crippen LogP contribution >= 0.6 is 0 Å². The summed E-state index contributed by atoms with van der Waals surface area (Å²) in [6, 6.07) is 3.54. The second-order valence-corrected chi connectivity index (χ2v) is 5.40. The maximum Gasteiger partial charge on any atom is 0.673 e. The van der Waals surface area contributed by atoms with Crippen molar-refractivity contribution in [2.75, 3.05) is 7.11 Å². The number of nitrogens with zero attached hydrogens (tertiary/aromatic N) is 3. The second-order valence-electron chi connectivity index (χ2n) is 5.40. The number of halogens is 8. The highest BCUT2D eigenvalue weighted by molar-refractivity contribution is 6.50. The molecule has 0 heterocycles. The molecule has 0 aromatic heterocycles. The Morgan fingerprint density at radius 2 is 1.72 bits per heavy atom. The van der Waals surface area contributed by atoms with Crippen LogP contribution in [-0.2, 0) is 10.9 Å². The minimum absolute atomic E-state index is 0.354. The van der Waals surface area contributed by atoms with Crippen molar-refractivity contribution in [3.05, 3.63) is 62.4 Å². The summed E-state index contributed by atoms with van der Waals surface area (Å²) in [6.45, 7) is 0. The zero-order valence-electron chi connectivity index (χ0n) is 15.4. The number of methoxy groups -OCH3 is 1. The number of diazo groups is 1. The van der Waals surface area contributed by atoms with Gasteiger partial charge in [0, 0.05) is 18.2 Å². The Morgan fingerprint density at radius 1 is 1.16 bits per heavy atom. The van der Waals surface area contributed by atoms with E-state index in [4.69, 9.17) is 10.1 Å². The van der Waals surface area contributed by atoms with E-state index in [9.17, 15) is 49.7 Å². The molecule has 8 nitrogen and oxygen atoms in total. The van der Waals surface area contributed by atoms with Crippen LogP contribution in [0.4, 0.5) is 46.2 Å². The molecule has 2 aromatic rings. The van der Waals surface area contributed by atoms with E-state index in [0.29, 0.717) is 12.1 Å². The van der Waals surface area contributed by atoms with Gasteiger partial charge in [0.15, 0.2) is 10.8 Å². The summed E-state index contributed by atoms with van der Waals surface area (Å²) in [5.41, 5.74) is -3.58. The normalized spacial score (nSPS) is 11.0. The summed E-state index contributed by atoms with van der Waals surface area (Å²) >= 11 is 0. The largest absolute Gasteiger partial charge is 0.673 e. The first-order valence-corrected chi connectivity index (χ1v) is 7.76. The molecule has 0 saturated carbocycles. The number of nitro groups is 1. The number of hydrogen-bond acceptors (Lipinski definition) is 6. The number of nitro benzene ring substituents is 1. The molecule has 0 N–H and O–H groups in total. The molecular weight excluding hydrogens is 465 g/mol. The Kier molecular flexibility index (Phi) is 8.06. The van der Waals surface area contributed by atoms with Crippen LogP contribution in [-0.4, -0.2) is 25.3 Å². The predicted molar refractivity (Wildman–Crippen MR) is 90.8 cm³/mol. The van der Waals surface area contributed by atoms with Crippen LogP contribution in [0.5, 0.6) is 11.5 Å². The van der Waals surface area contributed by atoms with Crippen molar-refractivity contribution in [3.63, 3.8) is 0 Å². The minimum Gasteiger partial charge on any atom is -0.465 e. The molecule has 0 unspecified atom stereocenters. The molecule has 0 fully saturated rings. The van der Waals surface area contributed by atoms with Gasteiger partial charge >= 0.3 is 25.1 Å². The molecule has 17 heteroatoms. The quantitative estimate of drug-likeness (QED) is 0.132. The van der Waals surface area contributed by atoms with E-state index in [2.05, 4.69) is 9.71 Å². The summed E-state index contributed by atoms with van der Waals surface area (Å²) in [5, 5.41) is 19.8. The molecule has 0 aliphatic rings. The molecule has 0 aliphatic heterocycles.